The summed E-state index contributed by atoms with van der Waals surface area (Å²) in [4.78, 5) is 24.0. The second-order valence-corrected chi connectivity index (χ2v) is 8.43. The third kappa shape index (κ3) is 2.99. The van der Waals surface area contributed by atoms with E-state index in [0.717, 1.165) is 0 Å². The molecule has 2 aliphatic rings. The Hall–Kier alpha value is -1.71. The van der Waals surface area contributed by atoms with Crippen LogP contribution in [0.4, 0.5) is 5.69 Å². The molecule has 2 bridgehead atoms. The van der Waals surface area contributed by atoms with Gasteiger partial charge in [-0.3, -0.25) is 9.59 Å². The number of halogens is 1. The summed E-state index contributed by atoms with van der Waals surface area (Å²) in [6.45, 7) is 0. The molecule has 1 aromatic rings. The quantitative estimate of drug-likeness (QED) is 0.644. The van der Waals surface area contributed by atoms with Crippen molar-refractivity contribution in [2.24, 2.45) is 28.8 Å². The van der Waals surface area contributed by atoms with E-state index in [1.54, 1.807) is 0 Å². The molecule has 0 spiro atoms. The molecule has 128 valence electrons. The zero-order valence-electron chi connectivity index (χ0n) is 12.3. The minimum absolute atomic E-state index is 0.0846. The minimum atomic E-state index is -3.84. The van der Waals surface area contributed by atoms with Gasteiger partial charge in [-0.05, 0) is 52.4 Å². The minimum Gasteiger partial charge on any atom is -0.481 e. The maximum Gasteiger partial charge on any atom is 0.307 e. The van der Waals surface area contributed by atoms with Gasteiger partial charge >= 0.3 is 5.97 Å². The Balaban J connectivity index is 1.83. The van der Waals surface area contributed by atoms with E-state index in [2.05, 4.69) is 21.2 Å². The SMILES string of the molecule is NS(=O)(=O)c1ccc(NC(=O)[C@@H]2C3C=CC(C3)[C@@H]2C(=O)O)c(Br)c1. The van der Waals surface area contributed by atoms with E-state index in [1.165, 1.54) is 18.2 Å². The molecule has 1 fully saturated rings. The van der Waals surface area contributed by atoms with Gasteiger partial charge in [0.2, 0.25) is 15.9 Å². The average Bonchev–Trinajstić information content (AvgIpc) is 3.08. The Morgan fingerprint density at radius 1 is 1.21 bits per heavy atom. The lowest BCUT2D eigenvalue weighted by atomic mass is 9.82. The van der Waals surface area contributed by atoms with Crippen molar-refractivity contribution < 1.29 is 23.1 Å². The number of carboxylic acids is 1. The van der Waals surface area contributed by atoms with Gasteiger partial charge in [-0.15, -0.1) is 0 Å². The van der Waals surface area contributed by atoms with E-state index >= 15 is 0 Å². The second-order valence-electron chi connectivity index (χ2n) is 6.01. The largest absolute Gasteiger partial charge is 0.481 e. The van der Waals surface area contributed by atoms with Crippen molar-refractivity contribution >= 4 is 43.5 Å². The zero-order chi connectivity index (χ0) is 17.6. The van der Waals surface area contributed by atoms with Crippen molar-refractivity contribution in [3.63, 3.8) is 0 Å². The van der Waals surface area contributed by atoms with Crippen LogP contribution in [0.25, 0.3) is 0 Å². The number of nitrogens with one attached hydrogen (secondary N) is 1. The van der Waals surface area contributed by atoms with E-state index in [-0.39, 0.29) is 22.6 Å². The molecule has 3 rings (SSSR count). The lowest BCUT2D eigenvalue weighted by Crippen LogP contribution is -2.36. The van der Waals surface area contributed by atoms with Gasteiger partial charge in [0.05, 0.1) is 22.4 Å². The maximum absolute atomic E-state index is 12.6. The van der Waals surface area contributed by atoms with Gasteiger partial charge in [0.15, 0.2) is 0 Å². The van der Waals surface area contributed by atoms with Crippen LogP contribution in [0.3, 0.4) is 0 Å². The number of hydrogen-bond acceptors (Lipinski definition) is 4. The molecule has 0 saturated heterocycles. The highest BCUT2D eigenvalue weighted by Crippen LogP contribution is 2.48. The van der Waals surface area contributed by atoms with Gasteiger partial charge in [-0.1, -0.05) is 12.2 Å². The van der Waals surface area contributed by atoms with Crippen molar-refractivity contribution in [2.75, 3.05) is 5.32 Å². The highest BCUT2D eigenvalue weighted by Gasteiger charge is 2.51. The molecule has 0 heterocycles. The molecule has 1 saturated carbocycles. The van der Waals surface area contributed by atoms with Gasteiger partial charge in [-0.2, -0.15) is 0 Å². The molecular weight excluding hydrogens is 400 g/mol. The first-order valence-electron chi connectivity index (χ1n) is 7.23. The Bertz CT molecular complexity index is 851. The molecule has 0 aromatic heterocycles. The number of amides is 1. The Morgan fingerprint density at radius 3 is 2.38 bits per heavy atom. The van der Waals surface area contributed by atoms with Crippen LogP contribution in [0.1, 0.15) is 6.42 Å². The number of sulfonamides is 1. The standard InChI is InChI=1S/C15H15BrN2O5S/c16-10-6-9(24(17,22)23)3-4-11(10)18-14(19)12-7-1-2-8(5-7)13(12)15(20)21/h1-4,6-8,12-13H,5H2,(H,18,19)(H,20,21)(H2,17,22,23)/t7?,8?,12-,13+/m1/s1. The maximum atomic E-state index is 12.6. The van der Waals surface area contributed by atoms with Crippen LogP contribution in [0.15, 0.2) is 39.7 Å². The van der Waals surface area contributed by atoms with Crippen molar-refractivity contribution in [1.29, 1.82) is 0 Å². The molecule has 4 atom stereocenters. The number of primary sulfonamides is 1. The molecule has 2 aliphatic carbocycles. The van der Waals surface area contributed by atoms with Crippen LogP contribution in [0, 0.1) is 23.7 Å². The summed E-state index contributed by atoms with van der Waals surface area (Å²) >= 11 is 3.20. The van der Waals surface area contributed by atoms with Gasteiger partial charge in [0.1, 0.15) is 0 Å². The van der Waals surface area contributed by atoms with E-state index in [4.69, 9.17) is 5.14 Å². The summed E-state index contributed by atoms with van der Waals surface area (Å²) in [6, 6.07) is 3.99. The molecular formula is C15H15BrN2O5S. The molecule has 1 amide bonds. The summed E-state index contributed by atoms with van der Waals surface area (Å²) in [6.07, 6.45) is 4.43. The first kappa shape index (κ1) is 17.1. The predicted molar refractivity (Wildman–Crippen MR) is 89.5 cm³/mol. The number of aliphatic carboxylic acids is 1. The number of benzene rings is 1. The second kappa shape index (κ2) is 5.98. The normalized spacial score (nSPS) is 28.1. The van der Waals surface area contributed by atoms with E-state index in [0.29, 0.717) is 16.6 Å². The predicted octanol–water partition coefficient (Wildman–Crippen LogP) is 1.56. The molecule has 24 heavy (non-hydrogen) atoms. The van der Waals surface area contributed by atoms with Gasteiger partial charge in [-0.25, -0.2) is 13.6 Å². The number of anilines is 1. The number of nitrogens with two attached hydrogens (primary N) is 1. The number of carboxylic acid groups (broad SMARTS) is 1. The van der Waals surface area contributed by atoms with Crippen molar-refractivity contribution in [1.82, 2.24) is 0 Å². The molecule has 0 aliphatic heterocycles. The lowest BCUT2D eigenvalue weighted by Gasteiger charge is -2.24. The number of hydrogen-bond donors (Lipinski definition) is 3. The fraction of sp³-hybridized carbons (Fsp3) is 0.333. The van der Waals surface area contributed by atoms with Crippen molar-refractivity contribution in [2.45, 2.75) is 11.3 Å². The Labute approximate surface area is 147 Å². The topological polar surface area (TPSA) is 127 Å². The van der Waals surface area contributed by atoms with Gasteiger partial charge in [0, 0.05) is 4.47 Å². The molecule has 9 heteroatoms. The summed E-state index contributed by atoms with van der Waals surface area (Å²) in [7, 11) is -3.84. The third-order valence-corrected chi connectivity index (χ3v) is 6.14. The van der Waals surface area contributed by atoms with E-state index in [9.17, 15) is 23.1 Å². The van der Waals surface area contributed by atoms with Crippen LogP contribution in [-0.2, 0) is 19.6 Å². The first-order valence-corrected chi connectivity index (χ1v) is 9.57. The van der Waals surface area contributed by atoms with Gasteiger partial charge in [0.25, 0.3) is 0 Å². The number of carbonyl (C=O) groups excluding carboxylic acids is 1. The molecule has 2 unspecified atom stereocenters. The van der Waals surface area contributed by atoms with Crippen LogP contribution in [0.5, 0.6) is 0 Å². The number of rotatable bonds is 4. The van der Waals surface area contributed by atoms with Crippen molar-refractivity contribution in [3.8, 4) is 0 Å². The third-order valence-electron chi connectivity index (χ3n) is 4.57. The van der Waals surface area contributed by atoms with Crippen molar-refractivity contribution in [3.05, 3.63) is 34.8 Å². The molecule has 0 radical (unpaired) electrons. The van der Waals surface area contributed by atoms with Gasteiger partial charge < -0.3 is 10.4 Å². The monoisotopic (exact) mass is 414 g/mol. The van der Waals surface area contributed by atoms with E-state index in [1.807, 2.05) is 12.2 Å². The van der Waals surface area contributed by atoms with Crippen LogP contribution in [0.2, 0.25) is 0 Å². The number of allylic oxidation sites excluding steroid dienone is 2. The summed E-state index contributed by atoms with van der Waals surface area (Å²) in [5, 5.41) is 17.1. The first-order chi connectivity index (χ1) is 11.2. The lowest BCUT2D eigenvalue weighted by molar-refractivity contribution is -0.146. The Kier molecular flexibility index (Phi) is 4.27. The fourth-order valence-corrected chi connectivity index (χ4v) is 4.68. The smallest absolute Gasteiger partial charge is 0.307 e. The van der Waals surface area contributed by atoms with E-state index < -0.39 is 27.8 Å². The van der Waals surface area contributed by atoms with Crippen LogP contribution < -0.4 is 10.5 Å². The zero-order valence-corrected chi connectivity index (χ0v) is 14.7. The summed E-state index contributed by atoms with van der Waals surface area (Å²) < 4.78 is 23.0. The molecule has 4 N–H and O–H groups in total. The fourth-order valence-electron chi connectivity index (χ4n) is 3.51. The summed E-state index contributed by atoms with van der Waals surface area (Å²) in [5.41, 5.74) is 0.364. The number of fused-ring (bicyclic) bond motifs is 2. The summed E-state index contributed by atoms with van der Waals surface area (Å²) in [5.74, 6) is -2.93. The van der Waals surface area contributed by atoms with Crippen LogP contribution >= 0.6 is 15.9 Å². The highest BCUT2D eigenvalue weighted by atomic mass is 79.9. The average molecular weight is 415 g/mol. The van der Waals surface area contributed by atoms with Crippen LogP contribution in [-0.4, -0.2) is 25.4 Å². The number of carbonyl (C=O) groups is 2. The Morgan fingerprint density at radius 2 is 1.83 bits per heavy atom. The highest BCUT2D eigenvalue weighted by molar-refractivity contribution is 9.10. The molecule has 1 aromatic carbocycles. The molecule has 7 nitrogen and oxygen atoms in total.